The van der Waals surface area contributed by atoms with Gasteiger partial charge in [-0.15, -0.1) is 0 Å². The fourth-order valence-corrected chi connectivity index (χ4v) is 14.6. The van der Waals surface area contributed by atoms with Crippen LogP contribution in [0.3, 0.4) is 0 Å². The number of β-amino-alcohol motifs (C(OH)–C–C–N with tert-alkyl or cyclic N) is 1. The summed E-state index contributed by atoms with van der Waals surface area (Å²) < 4.78 is 0. The van der Waals surface area contributed by atoms with Gasteiger partial charge in [0.15, 0.2) is 11.7 Å². The molecule has 1 amide bonds. The standard InChI is InChI=1S/C65H89N7O9/c1-7-71-65(81,29-26-37(2)3)38(4)12-8-17-48-53(75)19-11-16-44-34-64(59(78)57(44)48)52-25-24-46(74)31-40-13-9-14-41(30-40)32-50(51(35-70-62(67)68)42-20-22-45(73)23-21-42)55(77)36-69-58-56-43(15-10-18-49(56)60(66)72-61(58)79)33-54(76)39(5)47(52)27-28-63(64,6)80/h8-10,12-15,17-18,20-23,26,30,44,46,50-53,55,57-60,69,71,73-75,77-78,80-81H,4,7,11,16,19,24-25,27-29,31-36,66H2,1-3,5-6H3,(H,72,79)(H4,67,68,70). The molecule has 14 unspecified atom stereocenters. The molecule has 3 aromatic carbocycles. The van der Waals surface area contributed by atoms with Crippen LogP contribution in [-0.2, 0) is 28.9 Å². The summed E-state index contributed by atoms with van der Waals surface area (Å²) in [6.07, 6.45) is 6.75. The number of aromatic hydroxyl groups is 1. The molecule has 3 aromatic rings. The molecule has 0 saturated heterocycles. The first kappa shape index (κ1) is 61.3. The van der Waals surface area contributed by atoms with Gasteiger partial charge in [0.1, 0.15) is 23.7 Å². The smallest absolute Gasteiger partial charge is 0.243 e. The fraction of sp³-hybridized carbons (Fsp3) is 0.523. The largest absolute Gasteiger partial charge is 0.508 e. The molecule has 5 aliphatic rings. The lowest BCUT2D eigenvalue weighted by molar-refractivity contribution is -0.169. The number of carbonyl (C=O) groups is 2. The fourth-order valence-electron chi connectivity index (χ4n) is 14.6. The summed E-state index contributed by atoms with van der Waals surface area (Å²) in [4.78, 5) is 33.9. The Labute approximate surface area is 478 Å². The van der Waals surface area contributed by atoms with Crippen molar-refractivity contribution >= 4 is 17.6 Å². The minimum absolute atomic E-state index is 0.0668. The number of aliphatic imine (C=N–C) groups is 1. The molecule has 2 aliphatic heterocycles. The van der Waals surface area contributed by atoms with Crippen LogP contribution in [-0.4, -0.2) is 109 Å². The monoisotopic (exact) mass is 1110 g/mol. The maximum atomic E-state index is 15.2. The van der Waals surface area contributed by atoms with Crippen LogP contribution in [0, 0.1) is 29.1 Å². The van der Waals surface area contributed by atoms with Gasteiger partial charge >= 0.3 is 0 Å². The van der Waals surface area contributed by atoms with Crippen molar-refractivity contribution in [2.75, 3.05) is 19.6 Å². The summed E-state index contributed by atoms with van der Waals surface area (Å²) in [5.74, 6) is -3.00. The van der Waals surface area contributed by atoms with E-state index in [1.165, 1.54) is 0 Å². The molecule has 8 rings (SSSR count). The van der Waals surface area contributed by atoms with Crippen molar-refractivity contribution in [3.63, 3.8) is 0 Å². The van der Waals surface area contributed by atoms with Gasteiger partial charge < -0.3 is 58.3 Å². The van der Waals surface area contributed by atoms with Crippen molar-refractivity contribution in [2.24, 2.45) is 51.3 Å². The number of aliphatic hydroxyl groups excluding tert-OH is 4. The average molecular weight is 1110 g/mol. The van der Waals surface area contributed by atoms with Crippen LogP contribution < -0.4 is 33.2 Å². The van der Waals surface area contributed by atoms with E-state index in [0.29, 0.717) is 91.3 Å². The number of rotatable bonds is 11. The zero-order valence-corrected chi connectivity index (χ0v) is 48.0. The lowest BCUT2D eigenvalue weighted by atomic mass is 9.52. The van der Waals surface area contributed by atoms with Crippen LogP contribution in [0.5, 0.6) is 5.75 Å². The van der Waals surface area contributed by atoms with Crippen LogP contribution in [0.2, 0.25) is 0 Å². The predicted molar refractivity (Wildman–Crippen MR) is 316 cm³/mol. The number of nitrogens with zero attached hydrogens (tertiary/aromatic N) is 1. The molecule has 3 aliphatic carbocycles. The Morgan fingerprint density at radius 1 is 0.988 bits per heavy atom. The molecule has 16 heteroatoms. The van der Waals surface area contributed by atoms with Crippen LogP contribution in [0.4, 0.5) is 0 Å². The first-order valence-corrected chi connectivity index (χ1v) is 29.2. The second kappa shape index (κ2) is 25.8. The van der Waals surface area contributed by atoms with Crippen LogP contribution in [0.1, 0.15) is 144 Å². The topological polar surface area (TPSA) is 302 Å². The molecule has 2 heterocycles. The number of phenols is 1. The van der Waals surface area contributed by atoms with E-state index in [1.807, 2.05) is 82.3 Å². The van der Waals surface area contributed by atoms with Crippen molar-refractivity contribution < 1.29 is 45.3 Å². The molecular weight excluding hydrogens is 1020 g/mol. The average Bonchev–Trinajstić information content (AvgIpc) is 3.50. The number of fused-ring (bicyclic) bond motifs is 5. The first-order valence-electron chi connectivity index (χ1n) is 29.2. The Hall–Kier alpha value is -5.79. The van der Waals surface area contributed by atoms with Gasteiger partial charge in [-0.05, 0) is 172 Å². The second-order valence-electron chi connectivity index (χ2n) is 24.3. The van der Waals surface area contributed by atoms with Gasteiger partial charge in [0.05, 0.1) is 30.0 Å². The highest BCUT2D eigenvalue weighted by Gasteiger charge is 2.67. The minimum Gasteiger partial charge on any atom is -0.508 e. The normalized spacial score (nSPS) is 31.9. The summed E-state index contributed by atoms with van der Waals surface area (Å²) in [6, 6.07) is 19.0. The van der Waals surface area contributed by atoms with Crippen LogP contribution in [0.25, 0.3) is 0 Å². The summed E-state index contributed by atoms with van der Waals surface area (Å²) in [5.41, 5.74) is 22.1. The lowest BCUT2D eigenvalue weighted by Crippen LogP contribution is -2.59. The number of nitrogens with one attached hydrogen (secondary N) is 3. The summed E-state index contributed by atoms with van der Waals surface area (Å²) >= 11 is 0. The highest BCUT2D eigenvalue weighted by atomic mass is 16.3. The molecule has 3 saturated carbocycles. The van der Waals surface area contributed by atoms with Gasteiger partial charge in [0.2, 0.25) is 5.91 Å². The number of Topliss-reactive ketones (excluding diaryl/α,β-unsaturated/α-hetero) is 1. The third-order valence-electron chi connectivity index (χ3n) is 18.8. The van der Waals surface area contributed by atoms with E-state index < -0.39 is 82.9 Å². The Morgan fingerprint density at radius 2 is 1.70 bits per heavy atom. The van der Waals surface area contributed by atoms with Crippen LogP contribution in [0.15, 0.2) is 130 Å². The molecule has 81 heavy (non-hydrogen) atoms. The number of ketones is 1. The summed E-state index contributed by atoms with van der Waals surface area (Å²) in [7, 11) is 0. The molecule has 3 fully saturated rings. The maximum Gasteiger partial charge on any atom is 0.243 e. The Morgan fingerprint density at radius 3 is 2.41 bits per heavy atom. The van der Waals surface area contributed by atoms with Crippen LogP contribution >= 0.6 is 0 Å². The van der Waals surface area contributed by atoms with Gasteiger partial charge in [0, 0.05) is 43.2 Å². The number of aliphatic hydroxyl groups is 6. The molecule has 0 aromatic heterocycles. The second-order valence-corrected chi connectivity index (χ2v) is 24.3. The van der Waals surface area contributed by atoms with Gasteiger partial charge in [0.25, 0.3) is 0 Å². The molecule has 14 atom stereocenters. The Balaban J connectivity index is 1.22. The summed E-state index contributed by atoms with van der Waals surface area (Å²) in [5, 5.41) is 94.5. The minimum atomic E-state index is -1.43. The third-order valence-corrected chi connectivity index (χ3v) is 18.8. The Kier molecular flexibility index (Phi) is 19.5. The number of carbonyl (C=O) groups excluding carboxylic acids is 2. The van der Waals surface area contributed by atoms with Crippen molar-refractivity contribution in [1.82, 2.24) is 16.0 Å². The molecule has 16 nitrogen and oxygen atoms in total. The maximum absolute atomic E-state index is 15.2. The van der Waals surface area contributed by atoms with E-state index in [1.54, 1.807) is 43.3 Å². The molecular formula is C65H89N7O9. The number of hydrogen-bond acceptors (Lipinski definition) is 13. The number of likely N-dealkylation sites (N-methyl/N-ethyl adjacent to an activating group) is 1. The molecule has 1 spiro atoms. The van der Waals surface area contributed by atoms with Gasteiger partial charge in [-0.25, -0.2) is 0 Å². The zero-order valence-electron chi connectivity index (χ0n) is 48.0. The van der Waals surface area contributed by atoms with E-state index in [4.69, 9.17) is 17.2 Å². The molecule has 16 N–H and O–H groups in total. The number of guanidine groups is 1. The Bertz CT molecular complexity index is 2920. The van der Waals surface area contributed by atoms with Gasteiger partial charge in [-0.3, -0.25) is 25.2 Å². The number of amides is 1. The van der Waals surface area contributed by atoms with E-state index in [-0.39, 0.29) is 62.2 Å². The number of nitrogens with two attached hydrogens (primary N) is 3. The molecule has 2 bridgehead atoms. The van der Waals surface area contributed by atoms with Crippen molar-refractivity contribution in [3.05, 3.63) is 159 Å². The van der Waals surface area contributed by atoms with Crippen molar-refractivity contribution in [1.29, 1.82) is 0 Å². The zero-order chi connectivity index (χ0) is 58.6. The van der Waals surface area contributed by atoms with E-state index in [9.17, 15) is 40.5 Å². The van der Waals surface area contributed by atoms with Crippen molar-refractivity contribution in [3.8, 4) is 5.75 Å². The number of phenolic OH excluding ortho intramolecular Hbond substituents is 1. The number of benzene rings is 3. The first-order chi connectivity index (χ1) is 38.5. The van der Waals surface area contributed by atoms with E-state index >= 15 is 4.79 Å². The third kappa shape index (κ3) is 13.2. The molecule has 0 radical (unpaired) electrons. The molecule has 438 valence electrons. The SMILES string of the molecule is C=C(C=CC=C1C(O)CCCC2CC3(C4CCC(O)Cc5cccc(c5)CC(C(CN=C(N)N)c5ccc(O)cc5)C(O)CNC5C(=O)NC(N)c6cccc(c65)CC(=O)C(C)=C4CCC3(C)O)C(O)C12)C(O)(CC=C(C)C)NCC. The summed E-state index contributed by atoms with van der Waals surface area (Å²) in [6.45, 7) is 14.2. The predicted octanol–water partition coefficient (Wildman–Crippen LogP) is 5.89. The number of hydrogen-bond donors (Lipinski definition) is 13. The van der Waals surface area contributed by atoms with Gasteiger partial charge in [-0.2, -0.15) is 0 Å². The van der Waals surface area contributed by atoms with Crippen molar-refractivity contribution in [2.45, 2.75) is 166 Å². The highest BCUT2D eigenvalue weighted by Crippen LogP contribution is 2.66. The number of allylic oxidation sites excluding steroid dienone is 5. The van der Waals surface area contributed by atoms with E-state index in [2.05, 4.69) is 27.5 Å². The van der Waals surface area contributed by atoms with Gasteiger partial charge in [-0.1, -0.05) is 110 Å². The highest BCUT2D eigenvalue weighted by molar-refractivity contribution is 5.98. The lowest BCUT2D eigenvalue weighted by Gasteiger charge is -2.56. The quantitative estimate of drug-likeness (QED) is 0.0350. The van der Waals surface area contributed by atoms with E-state index in [0.717, 1.165) is 27.8 Å².